The molecular formula is C52H87N2+. The molecule has 0 amide bonds. The highest BCUT2D eigenvalue weighted by molar-refractivity contribution is 5.32. The predicted molar refractivity (Wildman–Crippen MR) is 238 cm³/mol. The summed E-state index contributed by atoms with van der Waals surface area (Å²) in [5.41, 5.74) is 2.91. The van der Waals surface area contributed by atoms with Gasteiger partial charge in [0.25, 0.3) is 5.82 Å². The van der Waals surface area contributed by atoms with E-state index in [1.54, 1.807) is 0 Å². The Morgan fingerprint density at radius 1 is 0.481 bits per heavy atom. The third kappa shape index (κ3) is 19.5. The number of benzene rings is 2. The second-order valence-corrected chi connectivity index (χ2v) is 17.4. The number of nitrogens with one attached hydrogen (secondary N) is 1. The van der Waals surface area contributed by atoms with Crippen LogP contribution in [0.4, 0.5) is 0 Å². The quantitative estimate of drug-likeness (QED) is 0.0453. The summed E-state index contributed by atoms with van der Waals surface area (Å²) in [6.07, 6.45) is 47.8. The van der Waals surface area contributed by atoms with E-state index in [2.05, 4.69) is 103 Å². The lowest BCUT2D eigenvalue weighted by Gasteiger charge is -2.37. The summed E-state index contributed by atoms with van der Waals surface area (Å²) in [5, 5.41) is 0. The Morgan fingerprint density at radius 3 is 1.31 bits per heavy atom. The first-order valence-corrected chi connectivity index (χ1v) is 23.8. The molecule has 2 atom stereocenters. The van der Waals surface area contributed by atoms with Crippen molar-refractivity contribution in [1.29, 1.82) is 0 Å². The van der Waals surface area contributed by atoms with Crippen molar-refractivity contribution in [3.05, 3.63) is 90.0 Å². The maximum absolute atomic E-state index is 3.83. The first-order valence-electron chi connectivity index (χ1n) is 23.8. The Balaban J connectivity index is 1.48. The van der Waals surface area contributed by atoms with E-state index in [9.17, 15) is 0 Å². The molecule has 0 bridgehead atoms. The number of hydrogen-bond donors (Lipinski definition) is 1. The van der Waals surface area contributed by atoms with Gasteiger partial charge in [-0.2, -0.15) is 0 Å². The first kappa shape index (κ1) is 46.0. The van der Waals surface area contributed by atoms with Crippen molar-refractivity contribution in [2.45, 2.75) is 238 Å². The molecule has 0 radical (unpaired) electrons. The fourth-order valence-corrected chi connectivity index (χ4v) is 9.09. The topological polar surface area (TPSA) is 19.7 Å². The largest absolute Gasteiger partial charge is 0.258 e. The SMILES string of the molecule is CCCCCCCCCCCCCCCCCC[n+]1cc[nH]c1C(CCCCCCCCCCCCCCC)C(C)(Cc1ccccc1)c1ccccc1. The van der Waals surface area contributed by atoms with Gasteiger partial charge in [0, 0.05) is 5.41 Å². The Bertz CT molecular complexity index is 1230. The highest BCUT2D eigenvalue weighted by Gasteiger charge is 2.42. The van der Waals surface area contributed by atoms with Crippen LogP contribution >= 0.6 is 0 Å². The molecule has 2 heteroatoms. The molecule has 1 heterocycles. The van der Waals surface area contributed by atoms with Gasteiger partial charge in [-0.3, -0.25) is 0 Å². The molecule has 0 fully saturated rings. The molecule has 0 aliphatic heterocycles. The number of aryl methyl sites for hydroxylation is 1. The van der Waals surface area contributed by atoms with Gasteiger partial charge in [0.1, 0.15) is 12.4 Å². The molecule has 54 heavy (non-hydrogen) atoms. The van der Waals surface area contributed by atoms with E-state index in [1.807, 2.05) is 0 Å². The van der Waals surface area contributed by atoms with Crippen LogP contribution in [0.1, 0.15) is 236 Å². The zero-order chi connectivity index (χ0) is 38.2. The molecule has 0 aliphatic carbocycles. The van der Waals surface area contributed by atoms with E-state index in [1.165, 1.54) is 210 Å². The zero-order valence-corrected chi connectivity index (χ0v) is 36.1. The lowest BCUT2D eigenvalue weighted by molar-refractivity contribution is -0.705. The zero-order valence-electron chi connectivity index (χ0n) is 36.1. The summed E-state index contributed by atoms with van der Waals surface area (Å²) >= 11 is 0. The second-order valence-electron chi connectivity index (χ2n) is 17.4. The van der Waals surface area contributed by atoms with Gasteiger partial charge in [-0.25, -0.2) is 9.55 Å². The van der Waals surface area contributed by atoms with Gasteiger partial charge in [-0.05, 0) is 36.8 Å². The monoisotopic (exact) mass is 740 g/mol. The van der Waals surface area contributed by atoms with Crippen molar-refractivity contribution in [1.82, 2.24) is 4.98 Å². The van der Waals surface area contributed by atoms with Crippen molar-refractivity contribution in [3.8, 4) is 0 Å². The molecule has 2 nitrogen and oxygen atoms in total. The number of rotatable bonds is 36. The minimum absolute atomic E-state index is 0.000971. The number of unbranched alkanes of at least 4 members (excludes halogenated alkanes) is 27. The van der Waals surface area contributed by atoms with Crippen LogP contribution in [0.5, 0.6) is 0 Å². The molecule has 3 rings (SSSR count). The average molecular weight is 740 g/mol. The van der Waals surface area contributed by atoms with Gasteiger partial charge in [-0.15, -0.1) is 0 Å². The molecule has 0 saturated carbocycles. The van der Waals surface area contributed by atoms with Crippen molar-refractivity contribution < 1.29 is 4.57 Å². The van der Waals surface area contributed by atoms with Crippen LogP contribution in [0.3, 0.4) is 0 Å². The van der Waals surface area contributed by atoms with Gasteiger partial charge >= 0.3 is 0 Å². The molecular weight excluding hydrogens is 653 g/mol. The van der Waals surface area contributed by atoms with E-state index in [0.717, 1.165) is 13.0 Å². The van der Waals surface area contributed by atoms with Gasteiger partial charge in [0.2, 0.25) is 0 Å². The van der Waals surface area contributed by atoms with Crippen LogP contribution in [0.2, 0.25) is 0 Å². The smallest absolute Gasteiger partial charge is 0.247 e. The highest BCUT2D eigenvalue weighted by Crippen LogP contribution is 2.43. The molecule has 2 aromatic carbocycles. The van der Waals surface area contributed by atoms with Crippen molar-refractivity contribution >= 4 is 0 Å². The Morgan fingerprint density at radius 2 is 0.870 bits per heavy atom. The number of aromatic amines is 1. The summed E-state index contributed by atoms with van der Waals surface area (Å²) in [7, 11) is 0. The lowest BCUT2D eigenvalue weighted by atomic mass is 9.66. The third-order valence-corrected chi connectivity index (χ3v) is 12.6. The summed E-state index contributed by atoms with van der Waals surface area (Å²) in [5.74, 6) is 1.88. The van der Waals surface area contributed by atoms with Crippen LogP contribution in [-0.4, -0.2) is 4.98 Å². The Hall–Kier alpha value is -2.35. The van der Waals surface area contributed by atoms with Crippen LogP contribution < -0.4 is 4.57 Å². The summed E-state index contributed by atoms with van der Waals surface area (Å²) in [6.45, 7) is 8.31. The minimum atomic E-state index is 0.000971. The Kier molecular flexibility index (Phi) is 26.3. The van der Waals surface area contributed by atoms with E-state index in [0.29, 0.717) is 5.92 Å². The maximum Gasteiger partial charge on any atom is 0.258 e. The third-order valence-electron chi connectivity index (χ3n) is 12.6. The summed E-state index contributed by atoms with van der Waals surface area (Å²) in [6, 6.07) is 22.7. The average Bonchev–Trinajstić information content (AvgIpc) is 3.66. The fourth-order valence-electron chi connectivity index (χ4n) is 9.09. The number of nitrogens with zero attached hydrogens (tertiary/aromatic N) is 1. The molecule has 0 spiro atoms. The minimum Gasteiger partial charge on any atom is -0.247 e. The Labute approximate surface area is 336 Å². The van der Waals surface area contributed by atoms with Crippen LogP contribution in [0.25, 0.3) is 0 Å². The molecule has 1 aromatic heterocycles. The predicted octanol–water partition coefficient (Wildman–Crippen LogP) is 16.3. The van der Waals surface area contributed by atoms with Gasteiger partial charge in [0.05, 0.1) is 12.5 Å². The normalized spacial score (nSPS) is 13.3. The van der Waals surface area contributed by atoms with Crippen LogP contribution in [0, 0.1) is 0 Å². The lowest BCUT2D eigenvalue weighted by Crippen LogP contribution is -2.43. The van der Waals surface area contributed by atoms with Crippen LogP contribution in [0.15, 0.2) is 73.1 Å². The van der Waals surface area contributed by atoms with E-state index in [4.69, 9.17) is 0 Å². The first-order chi connectivity index (χ1) is 26.7. The summed E-state index contributed by atoms with van der Waals surface area (Å²) < 4.78 is 2.60. The second kappa shape index (κ2) is 30.8. The number of hydrogen-bond acceptors (Lipinski definition) is 0. The van der Waals surface area contributed by atoms with E-state index >= 15 is 0 Å². The van der Waals surface area contributed by atoms with Crippen molar-refractivity contribution in [2.75, 3.05) is 0 Å². The molecule has 0 aliphatic rings. The number of imidazole rings is 1. The molecule has 3 aromatic rings. The van der Waals surface area contributed by atoms with Gasteiger partial charge in [-0.1, -0.05) is 255 Å². The number of H-pyrrole nitrogens is 1. The van der Waals surface area contributed by atoms with Crippen LogP contribution in [-0.2, 0) is 18.4 Å². The molecule has 304 valence electrons. The maximum atomic E-state index is 3.83. The van der Waals surface area contributed by atoms with Crippen molar-refractivity contribution in [3.63, 3.8) is 0 Å². The standard InChI is InChI=1S/C52H86N2/c1-4-6-8-10-12-14-16-18-19-20-22-24-26-28-30-38-45-54-46-44-53-51(54)50(43-37-29-27-25-23-21-17-15-13-11-9-7-5-2)52(3,49-41-35-32-36-42-49)47-48-39-33-31-34-40-48/h31-36,39-42,44,46,50H,4-30,37-38,43,45,47H2,1-3H3/p+1. The highest BCUT2D eigenvalue weighted by atomic mass is 15.1. The summed E-state index contributed by atoms with van der Waals surface area (Å²) in [4.78, 5) is 3.83. The van der Waals surface area contributed by atoms with E-state index in [-0.39, 0.29) is 5.41 Å². The van der Waals surface area contributed by atoms with Crippen molar-refractivity contribution in [2.24, 2.45) is 0 Å². The van der Waals surface area contributed by atoms with E-state index < -0.39 is 0 Å². The fraction of sp³-hybridized carbons (Fsp3) is 0.712. The van der Waals surface area contributed by atoms with Gasteiger partial charge < -0.3 is 0 Å². The molecule has 2 unspecified atom stereocenters. The number of aromatic nitrogens is 2. The molecule has 0 saturated heterocycles. The molecule has 1 N–H and O–H groups in total. The van der Waals surface area contributed by atoms with Gasteiger partial charge in [0.15, 0.2) is 0 Å².